The monoisotopic (exact) mass is 226 g/mol. The minimum atomic E-state index is 0.305. The number of carbonyl (C=O) groups excluding carboxylic acids is 1. The van der Waals surface area contributed by atoms with Crippen LogP contribution in [0.3, 0.4) is 0 Å². The number of nitrogens with zero attached hydrogens (tertiary/aromatic N) is 1. The van der Waals surface area contributed by atoms with E-state index in [2.05, 4.69) is 19.2 Å². The first-order valence-electron chi connectivity index (χ1n) is 6.58. The molecular formula is C13H26N2O. The number of carbonyl (C=O) groups is 1. The van der Waals surface area contributed by atoms with E-state index in [0.29, 0.717) is 24.2 Å². The van der Waals surface area contributed by atoms with Crippen molar-refractivity contribution < 1.29 is 4.79 Å². The van der Waals surface area contributed by atoms with Gasteiger partial charge >= 0.3 is 0 Å². The van der Waals surface area contributed by atoms with E-state index in [-0.39, 0.29) is 0 Å². The quantitative estimate of drug-likeness (QED) is 0.776. The van der Waals surface area contributed by atoms with Crippen molar-refractivity contribution in [2.45, 2.75) is 39.5 Å². The number of hydrogen-bond acceptors (Lipinski definition) is 2. The van der Waals surface area contributed by atoms with Crippen LogP contribution in [0.4, 0.5) is 0 Å². The molecule has 1 N–H and O–H groups in total. The Labute approximate surface area is 99.6 Å². The highest BCUT2D eigenvalue weighted by atomic mass is 16.2. The van der Waals surface area contributed by atoms with Crippen molar-refractivity contribution in [1.82, 2.24) is 10.2 Å². The number of nitrogens with one attached hydrogen (secondary N) is 1. The highest BCUT2D eigenvalue weighted by Gasteiger charge is 2.18. The molecule has 0 aliphatic carbocycles. The number of rotatable bonds is 5. The van der Waals surface area contributed by atoms with Crippen LogP contribution >= 0.6 is 0 Å². The van der Waals surface area contributed by atoms with Crippen LogP contribution in [0.1, 0.15) is 39.5 Å². The summed E-state index contributed by atoms with van der Waals surface area (Å²) >= 11 is 0. The van der Waals surface area contributed by atoms with Crippen molar-refractivity contribution in [3.63, 3.8) is 0 Å². The lowest BCUT2D eigenvalue weighted by Gasteiger charge is -2.28. The van der Waals surface area contributed by atoms with Crippen LogP contribution in [0, 0.1) is 11.8 Å². The molecule has 3 nitrogen and oxygen atoms in total. The molecule has 2 atom stereocenters. The highest BCUT2D eigenvalue weighted by Crippen LogP contribution is 2.13. The molecule has 0 bridgehead atoms. The predicted octanol–water partition coefficient (Wildman–Crippen LogP) is 1.88. The highest BCUT2D eigenvalue weighted by molar-refractivity contribution is 5.76. The molecule has 0 aromatic rings. The largest absolute Gasteiger partial charge is 0.345 e. The Bertz CT molecular complexity index is 212. The summed E-state index contributed by atoms with van der Waals surface area (Å²) in [6.45, 7) is 7.42. The fraction of sp³-hybridized carbons (Fsp3) is 0.923. The maximum atomic E-state index is 11.9. The molecule has 1 aliphatic rings. The third-order valence-electron chi connectivity index (χ3n) is 3.58. The predicted molar refractivity (Wildman–Crippen MR) is 67.3 cm³/mol. The molecule has 1 saturated heterocycles. The Kier molecular flexibility index (Phi) is 5.81. The first-order valence-corrected chi connectivity index (χ1v) is 6.58. The van der Waals surface area contributed by atoms with Gasteiger partial charge in [0.15, 0.2) is 0 Å². The molecule has 1 fully saturated rings. The molecule has 94 valence electrons. The zero-order chi connectivity index (χ0) is 12.0. The van der Waals surface area contributed by atoms with E-state index < -0.39 is 0 Å². The third-order valence-corrected chi connectivity index (χ3v) is 3.58. The molecule has 0 radical (unpaired) electrons. The van der Waals surface area contributed by atoms with Crippen LogP contribution < -0.4 is 5.32 Å². The summed E-state index contributed by atoms with van der Waals surface area (Å²) in [4.78, 5) is 13.8. The lowest BCUT2D eigenvalue weighted by atomic mass is 9.98. The van der Waals surface area contributed by atoms with E-state index in [4.69, 9.17) is 0 Å². The van der Waals surface area contributed by atoms with Gasteiger partial charge in [-0.3, -0.25) is 4.79 Å². The maximum absolute atomic E-state index is 11.9. The molecular weight excluding hydrogens is 200 g/mol. The Balaban J connectivity index is 2.27. The van der Waals surface area contributed by atoms with E-state index >= 15 is 0 Å². The summed E-state index contributed by atoms with van der Waals surface area (Å²) in [5.74, 6) is 1.47. The lowest BCUT2D eigenvalue weighted by molar-refractivity contribution is -0.131. The fourth-order valence-corrected chi connectivity index (χ4v) is 2.17. The molecule has 1 aliphatic heterocycles. The van der Waals surface area contributed by atoms with Gasteiger partial charge in [0.2, 0.25) is 5.91 Å². The Hall–Kier alpha value is -0.570. The first-order chi connectivity index (χ1) is 7.63. The van der Waals surface area contributed by atoms with E-state index in [1.165, 1.54) is 12.8 Å². The summed E-state index contributed by atoms with van der Waals surface area (Å²) in [5, 5.41) is 3.39. The Morgan fingerprint density at radius 1 is 1.56 bits per heavy atom. The molecule has 3 heteroatoms. The van der Waals surface area contributed by atoms with Gasteiger partial charge in [-0.25, -0.2) is 0 Å². The summed E-state index contributed by atoms with van der Waals surface area (Å²) in [6.07, 6.45) is 4.30. The lowest BCUT2D eigenvalue weighted by Crippen LogP contribution is -2.39. The summed E-state index contributed by atoms with van der Waals surface area (Å²) in [7, 11) is 1.94. The van der Waals surface area contributed by atoms with Crippen molar-refractivity contribution in [3.05, 3.63) is 0 Å². The van der Waals surface area contributed by atoms with Crippen molar-refractivity contribution in [3.8, 4) is 0 Å². The molecule has 1 heterocycles. The van der Waals surface area contributed by atoms with Crippen LogP contribution in [0.25, 0.3) is 0 Å². The second-order valence-corrected chi connectivity index (χ2v) is 5.20. The summed E-state index contributed by atoms with van der Waals surface area (Å²) in [6, 6.07) is 0. The van der Waals surface area contributed by atoms with Gasteiger partial charge in [-0.2, -0.15) is 0 Å². The molecule has 2 unspecified atom stereocenters. The van der Waals surface area contributed by atoms with E-state index in [1.807, 2.05) is 11.9 Å². The average Bonchev–Trinajstić information content (AvgIpc) is 2.30. The van der Waals surface area contributed by atoms with Gasteiger partial charge in [0, 0.05) is 20.0 Å². The SMILES string of the molecule is CCC(C)CC(=O)N(C)CC1CCCNC1. The second kappa shape index (κ2) is 6.89. The smallest absolute Gasteiger partial charge is 0.222 e. The van der Waals surface area contributed by atoms with Crippen LogP contribution in [-0.2, 0) is 4.79 Å². The van der Waals surface area contributed by atoms with Crippen LogP contribution in [-0.4, -0.2) is 37.5 Å². The van der Waals surface area contributed by atoms with Crippen molar-refractivity contribution in [1.29, 1.82) is 0 Å². The number of amides is 1. The van der Waals surface area contributed by atoms with E-state index in [1.54, 1.807) is 0 Å². The fourth-order valence-electron chi connectivity index (χ4n) is 2.17. The molecule has 0 aromatic heterocycles. The Morgan fingerprint density at radius 3 is 2.88 bits per heavy atom. The average molecular weight is 226 g/mol. The number of hydrogen-bond donors (Lipinski definition) is 1. The van der Waals surface area contributed by atoms with Gasteiger partial charge in [-0.05, 0) is 37.8 Å². The molecule has 0 aromatic carbocycles. The van der Waals surface area contributed by atoms with Crippen LogP contribution in [0.5, 0.6) is 0 Å². The summed E-state index contributed by atoms with van der Waals surface area (Å²) < 4.78 is 0. The minimum Gasteiger partial charge on any atom is -0.345 e. The molecule has 16 heavy (non-hydrogen) atoms. The zero-order valence-corrected chi connectivity index (χ0v) is 11.0. The van der Waals surface area contributed by atoms with Crippen LogP contribution in [0.15, 0.2) is 0 Å². The van der Waals surface area contributed by atoms with E-state index in [9.17, 15) is 4.79 Å². The van der Waals surface area contributed by atoms with E-state index in [0.717, 1.165) is 26.1 Å². The molecule has 0 saturated carbocycles. The van der Waals surface area contributed by atoms with Gasteiger partial charge in [0.1, 0.15) is 0 Å². The Morgan fingerprint density at radius 2 is 2.31 bits per heavy atom. The van der Waals surface area contributed by atoms with Gasteiger partial charge in [0.05, 0.1) is 0 Å². The minimum absolute atomic E-state index is 0.305. The molecule has 1 rings (SSSR count). The molecule has 1 amide bonds. The van der Waals surface area contributed by atoms with Gasteiger partial charge in [-0.15, -0.1) is 0 Å². The van der Waals surface area contributed by atoms with Crippen molar-refractivity contribution >= 4 is 5.91 Å². The zero-order valence-electron chi connectivity index (χ0n) is 11.0. The van der Waals surface area contributed by atoms with Gasteiger partial charge < -0.3 is 10.2 Å². The summed E-state index contributed by atoms with van der Waals surface area (Å²) in [5.41, 5.74) is 0. The standard InChI is InChI=1S/C13H26N2O/c1-4-11(2)8-13(16)15(3)10-12-6-5-7-14-9-12/h11-12,14H,4-10H2,1-3H3. The van der Waals surface area contributed by atoms with Gasteiger partial charge in [-0.1, -0.05) is 20.3 Å². The number of piperidine rings is 1. The topological polar surface area (TPSA) is 32.3 Å². The van der Waals surface area contributed by atoms with Crippen molar-refractivity contribution in [2.75, 3.05) is 26.7 Å². The molecule has 0 spiro atoms. The third kappa shape index (κ3) is 4.52. The first kappa shape index (κ1) is 13.5. The van der Waals surface area contributed by atoms with Crippen LogP contribution in [0.2, 0.25) is 0 Å². The van der Waals surface area contributed by atoms with Crippen molar-refractivity contribution in [2.24, 2.45) is 11.8 Å². The second-order valence-electron chi connectivity index (χ2n) is 5.20. The maximum Gasteiger partial charge on any atom is 0.222 e. The normalized spacial score (nSPS) is 22.8. The van der Waals surface area contributed by atoms with Gasteiger partial charge in [0.25, 0.3) is 0 Å².